The van der Waals surface area contributed by atoms with Gasteiger partial charge in [-0.15, -0.1) is 11.8 Å². The predicted octanol–water partition coefficient (Wildman–Crippen LogP) is 2.02. The molecule has 0 radical (unpaired) electrons. The summed E-state index contributed by atoms with van der Waals surface area (Å²) in [5.74, 6) is -0.0883. The fraction of sp³-hybridized carbons (Fsp3) is 0.529. The first-order valence-electron chi connectivity index (χ1n) is 8.85. The highest BCUT2D eigenvalue weighted by atomic mass is 32.2. The minimum atomic E-state index is -3.68. The molecule has 2 aliphatic heterocycles. The summed E-state index contributed by atoms with van der Waals surface area (Å²) in [5.41, 5.74) is 0.629. The lowest BCUT2D eigenvalue weighted by atomic mass is 10.1. The monoisotopic (exact) mass is 413 g/mol. The van der Waals surface area contributed by atoms with Crippen LogP contribution in [0.4, 0.5) is 10.5 Å². The summed E-state index contributed by atoms with van der Waals surface area (Å²) >= 11 is 1.34. The topological polar surface area (TPSA) is 105 Å². The number of rotatable bonds is 4. The molecule has 1 aromatic rings. The van der Waals surface area contributed by atoms with Crippen molar-refractivity contribution < 1.29 is 22.7 Å². The molecule has 0 aromatic heterocycles. The fourth-order valence-corrected chi connectivity index (χ4v) is 5.42. The molecule has 0 saturated carbocycles. The van der Waals surface area contributed by atoms with E-state index >= 15 is 0 Å². The van der Waals surface area contributed by atoms with Crippen molar-refractivity contribution in [2.24, 2.45) is 0 Å². The largest absolute Gasteiger partial charge is 0.450 e. The summed E-state index contributed by atoms with van der Waals surface area (Å²) < 4.78 is 33.2. The molecule has 1 aromatic carbocycles. The molecule has 2 heterocycles. The molecule has 1 unspecified atom stereocenters. The maximum atomic E-state index is 12.7. The molecule has 0 spiro atoms. The molecule has 1 atom stereocenters. The molecule has 3 rings (SSSR count). The van der Waals surface area contributed by atoms with Crippen molar-refractivity contribution in [3.8, 4) is 0 Å². The van der Waals surface area contributed by atoms with Crippen molar-refractivity contribution in [1.82, 2.24) is 9.62 Å². The fourth-order valence-electron chi connectivity index (χ4n) is 3.03. The second kappa shape index (κ2) is 8.07. The lowest BCUT2D eigenvalue weighted by molar-refractivity contribution is -0.115. The Kier molecular flexibility index (Phi) is 5.97. The smallest absolute Gasteiger partial charge is 0.409 e. The Morgan fingerprint density at radius 3 is 2.74 bits per heavy atom. The van der Waals surface area contributed by atoms with Gasteiger partial charge < -0.3 is 15.0 Å². The standard InChI is InChI=1S/C17H23N3O5S2/c1-3-25-17(22)20-8-6-12(7-9-20)19-27(23,24)13-4-5-14-15(10-13)26-11(2)16(21)18-14/h4-5,10-12,19H,3,6-9H2,1-2H3,(H,18,21). The molecule has 2 aliphatic rings. The number of hydrogen-bond acceptors (Lipinski definition) is 6. The summed E-state index contributed by atoms with van der Waals surface area (Å²) in [6.45, 7) is 4.76. The lowest BCUT2D eigenvalue weighted by Gasteiger charge is -2.31. The summed E-state index contributed by atoms with van der Waals surface area (Å²) in [7, 11) is -3.68. The van der Waals surface area contributed by atoms with E-state index in [4.69, 9.17) is 4.74 Å². The molecule has 8 nitrogen and oxygen atoms in total. The van der Waals surface area contributed by atoms with Crippen LogP contribution in [0.25, 0.3) is 0 Å². The second-order valence-corrected chi connectivity index (χ2v) is 9.59. The number of amides is 2. The van der Waals surface area contributed by atoms with E-state index in [2.05, 4.69) is 10.0 Å². The number of ether oxygens (including phenoxy) is 1. The Hall–Kier alpha value is -1.78. The van der Waals surface area contributed by atoms with E-state index in [1.54, 1.807) is 30.9 Å². The van der Waals surface area contributed by atoms with Crippen LogP contribution in [0.3, 0.4) is 0 Å². The third-order valence-electron chi connectivity index (χ3n) is 4.54. The number of fused-ring (bicyclic) bond motifs is 1. The van der Waals surface area contributed by atoms with Gasteiger partial charge in [-0.1, -0.05) is 0 Å². The zero-order chi connectivity index (χ0) is 19.6. The Balaban J connectivity index is 1.65. The van der Waals surface area contributed by atoms with Gasteiger partial charge in [-0.05, 0) is 44.9 Å². The molecule has 148 valence electrons. The van der Waals surface area contributed by atoms with Gasteiger partial charge in [-0.2, -0.15) is 0 Å². The van der Waals surface area contributed by atoms with Crippen molar-refractivity contribution >= 4 is 39.5 Å². The number of anilines is 1. The third-order valence-corrected chi connectivity index (χ3v) is 7.21. The Morgan fingerprint density at radius 1 is 1.37 bits per heavy atom. The quantitative estimate of drug-likeness (QED) is 0.782. The number of likely N-dealkylation sites (tertiary alicyclic amines) is 1. The molecule has 2 N–H and O–H groups in total. The predicted molar refractivity (Wildman–Crippen MR) is 102 cm³/mol. The average molecular weight is 414 g/mol. The van der Waals surface area contributed by atoms with E-state index in [1.165, 1.54) is 17.8 Å². The molecule has 1 saturated heterocycles. The molecule has 0 aliphatic carbocycles. The molecule has 1 fully saturated rings. The molecule has 27 heavy (non-hydrogen) atoms. The number of carbonyl (C=O) groups excluding carboxylic acids is 2. The van der Waals surface area contributed by atoms with Crippen LogP contribution in [-0.4, -0.2) is 56.3 Å². The van der Waals surface area contributed by atoms with E-state index in [1.807, 2.05) is 0 Å². The normalized spacial score (nSPS) is 20.7. The van der Waals surface area contributed by atoms with Gasteiger partial charge in [0, 0.05) is 24.0 Å². The summed E-state index contributed by atoms with van der Waals surface area (Å²) in [6.07, 6.45) is 0.706. The first-order valence-corrected chi connectivity index (χ1v) is 11.2. The first-order chi connectivity index (χ1) is 12.8. The number of hydrogen-bond donors (Lipinski definition) is 2. The van der Waals surface area contributed by atoms with Crippen molar-refractivity contribution in [3.63, 3.8) is 0 Å². The number of nitrogens with zero attached hydrogens (tertiary/aromatic N) is 1. The zero-order valence-electron chi connectivity index (χ0n) is 15.2. The van der Waals surface area contributed by atoms with E-state index in [-0.39, 0.29) is 28.2 Å². The van der Waals surface area contributed by atoms with Gasteiger partial charge >= 0.3 is 6.09 Å². The number of nitrogens with one attached hydrogen (secondary N) is 2. The zero-order valence-corrected chi connectivity index (χ0v) is 16.9. The van der Waals surface area contributed by atoms with E-state index in [9.17, 15) is 18.0 Å². The highest BCUT2D eigenvalue weighted by Gasteiger charge is 2.29. The maximum Gasteiger partial charge on any atom is 0.409 e. The molecule has 0 bridgehead atoms. The highest BCUT2D eigenvalue weighted by Crippen LogP contribution is 2.36. The highest BCUT2D eigenvalue weighted by molar-refractivity contribution is 8.01. The van der Waals surface area contributed by atoms with Crippen LogP contribution >= 0.6 is 11.8 Å². The second-order valence-electron chi connectivity index (χ2n) is 6.49. The number of piperidine rings is 1. The van der Waals surface area contributed by atoms with Crippen molar-refractivity contribution in [1.29, 1.82) is 0 Å². The maximum absolute atomic E-state index is 12.7. The number of sulfonamides is 1. The van der Waals surface area contributed by atoms with Crippen LogP contribution in [-0.2, 0) is 19.6 Å². The summed E-state index contributed by atoms with van der Waals surface area (Å²) in [4.78, 5) is 25.9. The van der Waals surface area contributed by atoms with Crippen LogP contribution in [0.2, 0.25) is 0 Å². The average Bonchev–Trinajstić information content (AvgIpc) is 2.63. The van der Waals surface area contributed by atoms with Gasteiger partial charge in [-0.3, -0.25) is 4.79 Å². The van der Waals surface area contributed by atoms with Crippen LogP contribution < -0.4 is 10.0 Å². The van der Waals surface area contributed by atoms with Crippen LogP contribution in [0, 0.1) is 0 Å². The van der Waals surface area contributed by atoms with E-state index < -0.39 is 10.0 Å². The number of thioether (sulfide) groups is 1. The minimum Gasteiger partial charge on any atom is -0.450 e. The Labute approximate surface area is 163 Å². The number of carbonyl (C=O) groups is 2. The van der Waals surface area contributed by atoms with E-state index in [0.717, 1.165) is 4.90 Å². The summed E-state index contributed by atoms with van der Waals surface area (Å²) in [6, 6.07) is 4.46. The van der Waals surface area contributed by atoms with Gasteiger partial charge in [0.15, 0.2) is 0 Å². The third kappa shape index (κ3) is 4.56. The van der Waals surface area contributed by atoms with Gasteiger partial charge in [0.2, 0.25) is 15.9 Å². The van der Waals surface area contributed by atoms with Crippen LogP contribution in [0.5, 0.6) is 0 Å². The van der Waals surface area contributed by atoms with Gasteiger partial charge in [0.1, 0.15) is 0 Å². The Bertz CT molecular complexity index is 835. The first kappa shape index (κ1) is 20.0. The van der Waals surface area contributed by atoms with Crippen molar-refractivity contribution in [3.05, 3.63) is 18.2 Å². The van der Waals surface area contributed by atoms with E-state index in [0.29, 0.717) is 38.2 Å². The molecule has 10 heteroatoms. The number of benzene rings is 1. The summed E-state index contributed by atoms with van der Waals surface area (Å²) in [5, 5.41) is 2.50. The molecule has 2 amide bonds. The molecular weight excluding hydrogens is 390 g/mol. The SMILES string of the molecule is CCOC(=O)N1CCC(NS(=O)(=O)c2ccc3c(c2)SC(C)C(=O)N3)CC1. The van der Waals surface area contributed by atoms with Gasteiger partial charge in [0.25, 0.3) is 0 Å². The van der Waals surface area contributed by atoms with Crippen molar-refractivity contribution in [2.75, 3.05) is 25.0 Å². The molecular formula is C17H23N3O5S2. The van der Waals surface area contributed by atoms with Crippen LogP contribution in [0.1, 0.15) is 26.7 Å². The van der Waals surface area contributed by atoms with Crippen molar-refractivity contribution in [2.45, 2.75) is 47.8 Å². The Morgan fingerprint density at radius 2 is 2.07 bits per heavy atom. The minimum absolute atomic E-state index is 0.0883. The van der Waals surface area contributed by atoms with Crippen LogP contribution in [0.15, 0.2) is 28.0 Å². The lowest BCUT2D eigenvalue weighted by Crippen LogP contribution is -2.46. The van der Waals surface area contributed by atoms with Gasteiger partial charge in [0.05, 0.1) is 22.4 Å². The van der Waals surface area contributed by atoms with Gasteiger partial charge in [-0.25, -0.2) is 17.9 Å².